The zero-order valence-corrected chi connectivity index (χ0v) is 12.3. The first-order valence-electron chi connectivity index (χ1n) is 7.58. The molecule has 0 saturated carbocycles. The van der Waals surface area contributed by atoms with Crippen LogP contribution in [0.3, 0.4) is 0 Å². The Kier molecular flexibility index (Phi) is 6.22. The van der Waals surface area contributed by atoms with Crippen molar-refractivity contribution in [2.75, 3.05) is 26.2 Å². The summed E-state index contributed by atoms with van der Waals surface area (Å²) in [7, 11) is 0. The van der Waals surface area contributed by atoms with Crippen LogP contribution < -0.4 is 10.6 Å². The molecule has 1 aliphatic rings. The van der Waals surface area contributed by atoms with Crippen molar-refractivity contribution in [2.24, 2.45) is 0 Å². The van der Waals surface area contributed by atoms with Crippen LogP contribution in [0.1, 0.15) is 24.8 Å². The minimum atomic E-state index is -0.523. The Hall–Kier alpha value is -1.88. The second-order valence-electron chi connectivity index (χ2n) is 5.33. The second-order valence-corrected chi connectivity index (χ2v) is 5.33. The minimum Gasteiger partial charge on any atom is -0.348 e. The molecule has 21 heavy (non-hydrogen) atoms. The van der Waals surface area contributed by atoms with Crippen LogP contribution in [0.4, 0.5) is 0 Å². The molecule has 2 amide bonds. The molecule has 1 heterocycles. The number of carbonyl (C=O) groups excluding carboxylic acids is 2. The van der Waals surface area contributed by atoms with Gasteiger partial charge in [0.2, 0.25) is 0 Å². The average molecular weight is 289 g/mol. The zero-order valence-electron chi connectivity index (χ0n) is 12.3. The second kappa shape index (κ2) is 8.42. The van der Waals surface area contributed by atoms with Crippen LogP contribution in [-0.2, 0) is 16.1 Å². The molecular weight excluding hydrogens is 266 g/mol. The lowest BCUT2D eigenvalue weighted by molar-refractivity contribution is -0.139. The van der Waals surface area contributed by atoms with Crippen LogP contribution in [0.15, 0.2) is 30.3 Å². The number of amides is 2. The van der Waals surface area contributed by atoms with Crippen LogP contribution in [0.5, 0.6) is 0 Å². The fourth-order valence-electron chi connectivity index (χ4n) is 2.44. The lowest BCUT2D eigenvalue weighted by Gasteiger charge is -2.23. The Balaban J connectivity index is 1.87. The predicted octanol–water partition coefficient (Wildman–Crippen LogP) is 0.905. The highest BCUT2D eigenvalue weighted by atomic mass is 16.2. The molecule has 0 aromatic heterocycles. The molecule has 2 rings (SSSR count). The van der Waals surface area contributed by atoms with Crippen molar-refractivity contribution in [1.29, 1.82) is 0 Å². The molecule has 1 saturated heterocycles. The fraction of sp³-hybridized carbons (Fsp3) is 0.500. The molecular formula is C16H23N3O2. The molecule has 0 atom stereocenters. The van der Waals surface area contributed by atoms with Gasteiger partial charge in [0.1, 0.15) is 0 Å². The highest BCUT2D eigenvalue weighted by Crippen LogP contribution is 2.06. The molecule has 114 valence electrons. The van der Waals surface area contributed by atoms with Crippen molar-refractivity contribution in [3.8, 4) is 0 Å². The highest BCUT2D eigenvalue weighted by molar-refractivity contribution is 6.35. The van der Waals surface area contributed by atoms with E-state index in [2.05, 4.69) is 39.8 Å². The Morgan fingerprint density at radius 3 is 2.19 bits per heavy atom. The quantitative estimate of drug-likeness (QED) is 0.795. The van der Waals surface area contributed by atoms with Gasteiger partial charge in [0.25, 0.3) is 0 Å². The van der Waals surface area contributed by atoms with Crippen molar-refractivity contribution < 1.29 is 9.59 Å². The first kappa shape index (κ1) is 15.5. The number of hydrogen-bond acceptors (Lipinski definition) is 3. The Bertz CT molecular complexity index is 462. The van der Waals surface area contributed by atoms with Crippen LogP contribution in [0.2, 0.25) is 0 Å². The number of nitrogens with zero attached hydrogens (tertiary/aromatic N) is 1. The molecule has 0 aliphatic carbocycles. The van der Waals surface area contributed by atoms with Crippen LogP contribution >= 0.6 is 0 Å². The van der Waals surface area contributed by atoms with E-state index in [1.54, 1.807) is 0 Å². The molecule has 0 bridgehead atoms. The minimum absolute atomic E-state index is 0.517. The lowest BCUT2D eigenvalue weighted by atomic mass is 10.2. The van der Waals surface area contributed by atoms with E-state index < -0.39 is 11.8 Å². The first-order valence-corrected chi connectivity index (χ1v) is 7.58. The molecule has 1 aromatic rings. The summed E-state index contributed by atoms with van der Waals surface area (Å²) in [5.74, 6) is -1.04. The summed E-state index contributed by atoms with van der Waals surface area (Å²) in [4.78, 5) is 25.3. The maximum Gasteiger partial charge on any atom is 0.309 e. The largest absolute Gasteiger partial charge is 0.348 e. The molecule has 1 aromatic carbocycles. The van der Waals surface area contributed by atoms with E-state index in [0.717, 1.165) is 38.9 Å². The van der Waals surface area contributed by atoms with Crippen molar-refractivity contribution >= 4 is 11.8 Å². The van der Waals surface area contributed by atoms with Crippen LogP contribution in [-0.4, -0.2) is 42.9 Å². The average Bonchev–Trinajstić information content (AvgIpc) is 2.50. The van der Waals surface area contributed by atoms with Crippen LogP contribution in [0.25, 0.3) is 0 Å². The molecule has 2 N–H and O–H groups in total. The highest BCUT2D eigenvalue weighted by Gasteiger charge is 2.13. The molecule has 0 radical (unpaired) electrons. The van der Waals surface area contributed by atoms with Gasteiger partial charge in [-0.25, -0.2) is 0 Å². The summed E-state index contributed by atoms with van der Waals surface area (Å²) in [6.45, 7) is 3.97. The third-order valence-corrected chi connectivity index (χ3v) is 3.58. The van der Waals surface area contributed by atoms with Gasteiger partial charge in [-0.3, -0.25) is 14.5 Å². The zero-order chi connectivity index (χ0) is 14.9. The maximum absolute atomic E-state index is 11.5. The lowest BCUT2D eigenvalue weighted by Crippen LogP contribution is -2.42. The van der Waals surface area contributed by atoms with Gasteiger partial charge in [0.05, 0.1) is 0 Å². The summed E-state index contributed by atoms with van der Waals surface area (Å²) >= 11 is 0. The van der Waals surface area contributed by atoms with E-state index in [1.165, 1.54) is 5.56 Å². The topological polar surface area (TPSA) is 61.4 Å². The monoisotopic (exact) mass is 289 g/mol. The summed E-state index contributed by atoms with van der Waals surface area (Å²) in [6, 6.07) is 10.4. The molecule has 0 spiro atoms. The van der Waals surface area contributed by atoms with Gasteiger partial charge in [-0.2, -0.15) is 0 Å². The fourth-order valence-corrected chi connectivity index (χ4v) is 2.44. The van der Waals surface area contributed by atoms with Gasteiger partial charge >= 0.3 is 11.8 Å². The Morgan fingerprint density at radius 1 is 0.857 bits per heavy atom. The molecule has 1 aliphatic heterocycles. The van der Waals surface area contributed by atoms with Crippen molar-refractivity contribution in [2.45, 2.75) is 25.8 Å². The van der Waals surface area contributed by atoms with E-state index >= 15 is 0 Å². The Morgan fingerprint density at radius 2 is 1.48 bits per heavy atom. The van der Waals surface area contributed by atoms with E-state index in [-0.39, 0.29) is 0 Å². The van der Waals surface area contributed by atoms with Crippen molar-refractivity contribution in [3.63, 3.8) is 0 Å². The number of benzene rings is 1. The number of hydrogen-bond donors (Lipinski definition) is 2. The van der Waals surface area contributed by atoms with Gasteiger partial charge in [-0.15, -0.1) is 0 Å². The van der Waals surface area contributed by atoms with Crippen molar-refractivity contribution in [3.05, 3.63) is 35.9 Å². The van der Waals surface area contributed by atoms with E-state index in [4.69, 9.17) is 0 Å². The van der Waals surface area contributed by atoms with Crippen LogP contribution in [0, 0.1) is 0 Å². The Labute approximate surface area is 125 Å². The smallest absolute Gasteiger partial charge is 0.309 e. The van der Waals surface area contributed by atoms with E-state index in [9.17, 15) is 9.59 Å². The molecule has 5 nitrogen and oxygen atoms in total. The standard InChI is InChI=1S/C16H23N3O2/c20-15-16(21)18-10-6-12-19(11-5-4-9-17-15)13-14-7-2-1-3-8-14/h1-3,7-8H,4-6,9-13H2,(H,17,20)(H,18,21). The summed E-state index contributed by atoms with van der Waals surface area (Å²) in [6.07, 6.45) is 2.77. The van der Waals surface area contributed by atoms with Gasteiger partial charge in [0, 0.05) is 26.2 Å². The molecule has 0 unspecified atom stereocenters. The van der Waals surface area contributed by atoms with E-state index in [0.29, 0.717) is 13.1 Å². The summed E-state index contributed by atoms with van der Waals surface area (Å²) < 4.78 is 0. The van der Waals surface area contributed by atoms with Gasteiger partial charge < -0.3 is 10.6 Å². The first-order chi connectivity index (χ1) is 10.3. The number of carbonyl (C=O) groups is 2. The molecule has 1 fully saturated rings. The summed E-state index contributed by atoms with van der Waals surface area (Å²) in [5.41, 5.74) is 1.31. The van der Waals surface area contributed by atoms with Gasteiger partial charge in [0.15, 0.2) is 0 Å². The van der Waals surface area contributed by atoms with Crippen molar-refractivity contribution in [1.82, 2.24) is 15.5 Å². The molecule has 5 heteroatoms. The predicted molar refractivity (Wildman–Crippen MR) is 81.6 cm³/mol. The third kappa shape index (κ3) is 5.55. The van der Waals surface area contributed by atoms with Gasteiger partial charge in [-0.05, 0) is 31.4 Å². The maximum atomic E-state index is 11.5. The number of rotatable bonds is 2. The summed E-state index contributed by atoms with van der Waals surface area (Å²) in [5, 5.41) is 5.30. The van der Waals surface area contributed by atoms with E-state index in [1.807, 2.05) is 6.07 Å². The third-order valence-electron chi connectivity index (χ3n) is 3.58. The SMILES string of the molecule is O=C1NCCCCN(Cc2ccccc2)CCCNC1=O. The number of nitrogens with one attached hydrogen (secondary N) is 2. The normalized spacial score (nSPS) is 19.0. The van der Waals surface area contributed by atoms with Gasteiger partial charge in [-0.1, -0.05) is 30.3 Å².